The molecule has 0 saturated carbocycles. The summed E-state index contributed by atoms with van der Waals surface area (Å²) in [6.45, 7) is 1.08. The zero-order valence-corrected chi connectivity index (χ0v) is 9.54. The summed E-state index contributed by atoms with van der Waals surface area (Å²) in [7, 11) is 5.47. The van der Waals surface area contributed by atoms with Crippen molar-refractivity contribution >= 4 is 5.69 Å². The van der Waals surface area contributed by atoms with E-state index < -0.39 is 0 Å². The molecule has 0 radical (unpaired) electrons. The molecule has 82 valence electrons. The number of rotatable bonds is 2. The minimum atomic E-state index is 0.810. The maximum atomic E-state index is 5.44. The average molecular weight is 207 g/mol. The molecule has 0 bridgehead atoms. The van der Waals surface area contributed by atoms with E-state index in [4.69, 9.17) is 9.47 Å². The Kier molecular flexibility index (Phi) is 2.71. The van der Waals surface area contributed by atoms with Gasteiger partial charge in [0.15, 0.2) is 11.5 Å². The molecule has 2 rings (SSSR count). The minimum absolute atomic E-state index is 0.810. The maximum Gasteiger partial charge on any atom is 0.184 e. The van der Waals surface area contributed by atoms with Crippen molar-refractivity contribution in [1.29, 1.82) is 0 Å². The monoisotopic (exact) mass is 207 g/mol. The summed E-state index contributed by atoms with van der Waals surface area (Å²) in [4.78, 5) is 2.24. The summed E-state index contributed by atoms with van der Waals surface area (Å²) >= 11 is 0. The third-order valence-electron chi connectivity index (χ3n) is 2.92. The van der Waals surface area contributed by atoms with Crippen molar-refractivity contribution in [2.45, 2.75) is 12.8 Å². The van der Waals surface area contributed by atoms with Crippen molar-refractivity contribution < 1.29 is 9.47 Å². The molecule has 1 aromatic rings. The van der Waals surface area contributed by atoms with Gasteiger partial charge in [-0.25, -0.2) is 0 Å². The van der Waals surface area contributed by atoms with Gasteiger partial charge in [0.05, 0.1) is 19.9 Å². The first-order valence-electron chi connectivity index (χ1n) is 5.23. The molecular weight excluding hydrogens is 190 g/mol. The predicted octanol–water partition coefficient (Wildman–Crippen LogP) is 2.09. The van der Waals surface area contributed by atoms with Gasteiger partial charge < -0.3 is 14.4 Å². The molecule has 0 amide bonds. The molecule has 1 heterocycles. The fourth-order valence-electron chi connectivity index (χ4n) is 2.19. The van der Waals surface area contributed by atoms with Crippen LogP contribution < -0.4 is 14.4 Å². The number of hydrogen-bond acceptors (Lipinski definition) is 3. The van der Waals surface area contributed by atoms with Crippen molar-refractivity contribution in [3.63, 3.8) is 0 Å². The summed E-state index contributed by atoms with van der Waals surface area (Å²) in [5, 5.41) is 0. The third-order valence-corrected chi connectivity index (χ3v) is 2.92. The van der Waals surface area contributed by atoms with Crippen LogP contribution in [0, 0.1) is 0 Å². The number of hydrogen-bond donors (Lipinski definition) is 0. The van der Waals surface area contributed by atoms with Gasteiger partial charge in [-0.15, -0.1) is 0 Å². The van der Waals surface area contributed by atoms with Crippen LogP contribution in [0.5, 0.6) is 11.5 Å². The first kappa shape index (κ1) is 10.1. The number of ether oxygens (including phenoxy) is 2. The van der Waals surface area contributed by atoms with Gasteiger partial charge >= 0.3 is 0 Å². The van der Waals surface area contributed by atoms with Gasteiger partial charge in [0, 0.05) is 13.6 Å². The zero-order valence-electron chi connectivity index (χ0n) is 9.54. The smallest absolute Gasteiger partial charge is 0.184 e. The van der Waals surface area contributed by atoms with E-state index in [1.807, 2.05) is 6.07 Å². The van der Waals surface area contributed by atoms with Gasteiger partial charge in [0.1, 0.15) is 0 Å². The second kappa shape index (κ2) is 4.01. The number of methoxy groups -OCH3 is 2. The summed E-state index contributed by atoms with van der Waals surface area (Å²) in [5.74, 6) is 1.67. The van der Waals surface area contributed by atoms with Crippen molar-refractivity contribution in [2.75, 3.05) is 32.7 Å². The molecule has 0 atom stereocenters. The Morgan fingerprint density at radius 3 is 2.67 bits per heavy atom. The van der Waals surface area contributed by atoms with E-state index in [-0.39, 0.29) is 0 Å². The lowest BCUT2D eigenvalue weighted by molar-refractivity contribution is 0.354. The summed E-state index contributed by atoms with van der Waals surface area (Å²) in [6.07, 6.45) is 2.33. The Morgan fingerprint density at radius 2 is 2.00 bits per heavy atom. The molecule has 0 fully saturated rings. The molecule has 1 aromatic carbocycles. The molecule has 1 aliphatic rings. The van der Waals surface area contributed by atoms with E-state index in [0.29, 0.717) is 0 Å². The number of fused-ring (bicyclic) bond motifs is 1. The van der Waals surface area contributed by atoms with E-state index in [0.717, 1.165) is 24.5 Å². The number of anilines is 1. The van der Waals surface area contributed by atoms with Gasteiger partial charge in [-0.3, -0.25) is 0 Å². The Morgan fingerprint density at radius 1 is 1.20 bits per heavy atom. The molecule has 0 N–H and O–H groups in total. The van der Waals surface area contributed by atoms with Crippen LogP contribution in [-0.2, 0) is 6.42 Å². The molecule has 15 heavy (non-hydrogen) atoms. The highest BCUT2D eigenvalue weighted by molar-refractivity contribution is 5.70. The highest BCUT2D eigenvalue weighted by Crippen LogP contribution is 2.42. The lowest BCUT2D eigenvalue weighted by Crippen LogP contribution is -2.25. The Bertz CT molecular complexity index is 363. The second-order valence-corrected chi connectivity index (χ2v) is 3.83. The highest BCUT2D eigenvalue weighted by atomic mass is 16.5. The molecule has 0 saturated heterocycles. The maximum absolute atomic E-state index is 5.44. The van der Waals surface area contributed by atoms with E-state index in [9.17, 15) is 0 Å². The number of aryl methyl sites for hydroxylation is 1. The standard InChI is InChI=1S/C12H17NO2/c1-13-8-4-5-9-6-7-10(14-2)12(15-3)11(9)13/h6-7H,4-5,8H2,1-3H3. The van der Waals surface area contributed by atoms with Gasteiger partial charge in [0.2, 0.25) is 0 Å². The molecule has 0 spiro atoms. The van der Waals surface area contributed by atoms with Gasteiger partial charge in [0.25, 0.3) is 0 Å². The molecule has 0 aromatic heterocycles. The fraction of sp³-hybridized carbons (Fsp3) is 0.500. The lowest BCUT2D eigenvalue weighted by Gasteiger charge is -2.29. The van der Waals surface area contributed by atoms with Crippen LogP contribution in [0.2, 0.25) is 0 Å². The van der Waals surface area contributed by atoms with Gasteiger partial charge in [-0.05, 0) is 24.5 Å². The van der Waals surface area contributed by atoms with Crippen LogP contribution in [-0.4, -0.2) is 27.8 Å². The van der Waals surface area contributed by atoms with Crippen LogP contribution >= 0.6 is 0 Å². The largest absolute Gasteiger partial charge is 0.493 e. The van der Waals surface area contributed by atoms with Crippen LogP contribution in [0.15, 0.2) is 12.1 Å². The summed E-state index contributed by atoms with van der Waals surface area (Å²) in [6, 6.07) is 4.11. The van der Waals surface area contributed by atoms with Crippen molar-refractivity contribution in [3.05, 3.63) is 17.7 Å². The van der Waals surface area contributed by atoms with Crippen LogP contribution in [0.1, 0.15) is 12.0 Å². The van der Waals surface area contributed by atoms with Gasteiger partial charge in [-0.1, -0.05) is 6.07 Å². The van der Waals surface area contributed by atoms with Crippen molar-refractivity contribution in [1.82, 2.24) is 0 Å². The second-order valence-electron chi connectivity index (χ2n) is 3.83. The predicted molar refractivity (Wildman–Crippen MR) is 61.1 cm³/mol. The molecular formula is C12H17NO2. The Balaban J connectivity index is 2.56. The number of nitrogens with zero attached hydrogens (tertiary/aromatic N) is 1. The quantitative estimate of drug-likeness (QED) is 0.741. The molecule has 0 aliphatic carbocycles. The molecule has 3 nitrogen and oxygen atoms in total. The summed E-state index contributed by atoms with van der Waals surface area (Å²) in [5.41, 5.74) is 2.53. The summed E-state index contributed by atoms with van der Waals surface area (Å²) < 4.78 is 10.7. The molecule has 0 unspecified atom stereocenters. The van der Waals surface area contributed by atoms with E-state index in [1.165, 1.54) is 17.7 Å². The van der Waals surface area contributed by atoms with Crippen LogP contribution in [0.3, 0.4) is 0 Å². The Labute approximate surface area is 90.6 Å². The molecule has 3 heteroatoms. The topological polar surface area (TPSA) is 21.7 Å². The third kappa shape index (κ3) is 1.62. The SMILES string of the molecule is COc1ccc2c(c1OC)N(C)CCC2. The van der Waals surface area contributed by atoms with E-state index in [1.54, 1.807) is 14.2 Å². The molecule has 1 aliphatic heterocycles. The van der Waals surface area contributed by atoms with E-state index >= 15 is 0 Å². The number of benzene rings is 1. The first-order chi connectivity index (χ1) is 7.27. The fourth-order valence-corrected chi connectivity index (χ4v) is 2.19. The minimum Gasteiger partial charge on any atom is -0.493 e. The average Bonchev–Trinajstić information content (AvgIpc) is 2.28. The van der Waals surface area contributed by atoms with Crippen molar-refractivity contribution in [2.24, 2.45) is 0 Å². The van der Waals surface area contributed by atoms with Crippen LogP contribution in [0.25, 0.3) is 0 Å². The first-order valence-corrected chi connectivity index (χ1v) is 5.23. The van der Waals surface area contributed by atoms with Gasteiger partial charge in [-0.2, -0.15) is 0 Å². The van der Waals surface area contributed by atoms with Crippen molar-refractivity contribution in [3.8, 4) is 11.5 Å². The normalized spacial score (nSPS) is 14.7. The van der Waals surface area contributed by atoms with Crippen LogP contribution in [0.4, 0.5) is 5.69 Å². The lowest BCUT2D eigenvalue weighted by atomic mass is 10.0. The highest BCUT2D eigenvalue weighted by Gasteiger charge is 2.21. The van der Waals surface area contributed by atoms with E-state index in [2.05, 4.69) is 18.0 Å². The zero-order chi connectivity index (χ0) is 10.8. The Hall–Kier alpha value is -1.38.